The summed E-state index contributed by atoms with van der Waals surface area (Å²) in [6.07, 6.45) is 1.36. The highest BCUT2D eigenvalue weighted by atomic mass is 35.5. The number of halogens is 5. The van der Waals surface area contributed by atoms with Gasteiger partial charge < -0.3 is 14.8 Å². The molecular weight excluding hydrogens is 452 g/mol. The highest BCUT2D eigenvalue weighted by molar-refractivity contribution is 7.80. The number of aromatic nitrogens is 2. The van der Waals surface area contributed by atoms with Crippen LogP contribution in [0.25, 0.3) is 0 Å². The quantitative estimate of drug-likeness (QED) is 0.340. The number of alkyl halides is 3. The van der Waals surface area contributed by atoms with Gasteiger partial charge in [-0.2, -0.15) is 13.2 Å². The Morgan fingerprint density at radius 1 is 1.19 bits per heavy atom. The lowest BCUT2D eigenvalue weighted by Gasteiger charge is -2.26. The summed E-state index contributed by atoms with van der Waals surface area (Å²) in [4.78, 5) is 5.75. The summed E-state index contributed by atoms with van der Waals surface area (Å²) in [7, 11) is 0. The number of imidazole rings is 1. The summed E-state index contributed by atoms with van der Waals surface area (Å²) in [6.45, 7) is 1.38. The monoisotopic (exact) mass is 470 g/mol. The van der Waals surface area contributed by atoms with Crippen molar-refractivity contribution in [2.24, 2.45) is 0 Å². The zero-order valence-corrected chi connectivity index (χ0v) is 17.8. The number of benzene rings is 2. The predicted molar refractivity (Wildman–Crippen MR) is 116 cm³/mol. The van der Waals surface area contributed by atoms with E-state index in [1.165, 1.54) is 18.2 Å². The summed E-state index contributed by atoms with van der Waals surface area (Å²) >= 11 is 11.3. The second-order valence-electron chi connectivity index (χ2n) is 6.79. The third kappa shape index (κ3) is 6.41. The van der Waals surface area contributed by atoms with Crippen molar-refractivity contribution in [3.63, 3.8) is 0 Å². The Labute approximate surface area is 187 Å². The molecule has 0 radical (unpaired) electrons. The van der Waals surface area contributed by atoms with Crippen LogP contribution in [-0.4, -0.2) is 26.1 Å². The minimum atomic E-state index is -4.54. The second kappa shape index (κ2) is 10.1. The normalized spacial score (nSPS) is 11.4. The van der Waals surface area contributed by atoms with E-state index in [1.807, 2.05) is 10.8 Å². The van der Waals surface area contributed by atoms with Crippen LogP contribution in [0.2, 0.25) is 5.02 Å². The smallest absolute Gasteiger partial charge is 0.345 e. The molecule has 0 bridgehead atoms. The maximum absolute atomic E-state index is 14.2. The van der Waals surface area contributed by atoms with Crippen LogP contribution in [0.5, 0.6) is 0 Å². The number of aryl methyl sites for hydroxylation is 1. The minimum Gasteiger partial charge on any atom is -0.345 e. The number of hydrogen-bond donors (Lipinski definition) is 1. The van der Waals surface area contributed by atoms with Crippen molar-refractivity contribution in [3.8, 4) is 0 Å². The Kier molecular flexibility index (Phi) is 7.50. The highest BCUT2D eigenvalue weighted by Crippen LogP contribution is 2.35. The molecule has 2 aromatic carbocycles. The van der Waals surface area contributed by atoms with E-state index in [4.69, 9.17) is 23.8 Å². The molecule has 0 unspecified atom stereocenters. The third-order valence-corrected chi connectivity index (χ3v) is 5.21. The van der Waals surface area contributed by atoms with Crippen molar-refractivity contribution in [2.45, 2.75) is 25.7 Å². The Morgan fingerprint density at radius 2 is 1.97 bits per heavy atom. The number of nitrogens with zero attached hydrogens (tertiary/aromatic N) is 3. The van der Waals surface area contributed by atoms with Crippen molar-refractivity contribution in [1.82, 2.24) is 14.5 Å². The van der Waals surface area contributed by atoms with Gasteiger partial charge in [0, 0.05) is 43.3 Å². The number of hydrogen-bond acceptors (Lipinski definition) is 2. The van der Waals surface area contributed by atoms with Gasteiger partial charge in [0.05, 0.1) is 16.9 Å². The average Bonchev–Trinajstić information content (AvgIpc) is 3.21. The maximum atomic E-state index is 14.2. The van der Waals surface area contributed by atoms with Crippen molar-refractivity contribution in [3.05, 3.63) is 83.2 Å². The molecule has 0 saturated heterocycles. The summed E-state index contributed by atoms with van der Waals surface area (Å²) in [6, 6.07) is 9.68. The van der Waals surface area contributed by atoms with Gasteiger partial charge >= 0.3 is 6.18 Å². The fourth-order valence-electron chi connectivity index (χ4n) is 2.97. The van der Waals surface area contributed by atoms with E-state index < -0.39 is 16.8 Å². The zero-order valence-electron chi connectivity index (χ0n) is 16.2. The van der Waals surface area contributed by atoms with Crippen molar-refractivity contribution >= 4 is 34.6 Å². The SMILES string of the molecule is Fc1ccccc1CN(CCCn1ccnc1)C(=S)Nc1ccc(C(F)(F)F)c(Cl)c1. The van der Waals surface area contributed by atoms with Crippen LogP contribution in [0.15, 0.2) is 61.2 Å². The van der Waals surface area contributed by atoms with E-state index in [0.29, 0.717) is 30.8 Å². The first-order valence-corrected chi connectivity index (χ1v) is 10.1. The van der Waals surface area contributed by atoms with Gasteiger partial charge in [-0.3, -0.25) is 0 Å². The fourth-order valence-corrected chi connectivity index (χ4v) is 3.53. The molecule has 3 rings (SSSR count). The van der Waals surface area contributed by atoms with Gasteiger partial charge in [0.25, 0.3) is 0 Å². The van der Waals surface area contributed by atoms with E-state index in [9.17, 15) is 17.6 Å². The number of nitrogens with one attached hydrogen (secondary N) is 1. The van der Waals surface area contributed by atoms with Crippen molar-refractivity contribution in [1.29, 1.82) is 0 Å². The lowest BCUT2D eigenvalue weighted by molar-refractivity contribution is -0.137. The molecule has 0 atom stereocenters. The van der Waals surface area contributed by atoms with Gasteiger partial charge in [-0.1, -0.05) is 29.8 Å². The summed E-state index contributed by atoms with van der Waals surface area (Å²) in [5.74, 6) is -0.359. The lowest BCUT2D eigenvalue weighted by Crippen LogP contribution is -2.35. The molecule has 164 valence electrons. The molecule has 0 spiro atoms. The van der Waals surface area contributed by atoms with Crippen LogP contribution >= 0.6 is 23.8 Å². The summed E-state index contributed by atoms with van der Waals surface area (Å²) < 4.78 is 54.9. The first-order valence-electron chi connectivity index (χ1n) is 9.36. The highest BCUT2D eigenvalue weighted by Gasteiger charge is 2.33. The second-order valence-corrected chi connectivity index (χ2v) is 7.58. The first-order chi connectivity index (χ1) is 14.7. The zero-order chi connectivity index (χ0) is 22.4. The fraction of sp³-hybridized carbons (Fsp3) is 0.238. The lowest BCUT2D eigenvalue weighted by atomic mass is 10.2. The molecule has 31 heavy (non-hydrogen) atoms. The van der Waals surface area contributed by atoms with Crippen LogP contribution in [0, 0.1) is 5.82 Å². The summed E-state index contributed by atoms with van der Waals surface area (Å²) in [5.41, 5.74) is -0.148. The predicted octanol–water partition coefficient (Wildman–Crippen LogP) is 5.98. The standard InChI is InChI=1S/C21H19ClF4N4S/c22-18-12-16(6-7-17(18)21(24,25)26)28-20(31)30(10-3-9-29-11-8-27-14-29)13-15-4-1-2-5-19(15)23/h1-2,4-8,11-12,14H,3,9-10,13H2,(H,28,31). The van der Waals surface area contributed by atoms with Crippen LogP contribution < -0.4 is 5.32 Å². The van der Waals surface area contributed by atoms with Crippen LogP contribution in [0.1, 0.15) is 17.5 Å². The molecular formula is C21H19ClF4N4S. The van der Waals surface area contributed by atoms with Gasteiger partial charge in [-0.25, -0.2) is 9.37 Å². The Balaban J connectivity index is 1.73. The summed E-state index contributed by atoms with van der Waals surface area (Å²) in [5, 5.41) is 2.73. The van der Waals surface area contributed by atoms with Gasteiger partial charge in [-0.05, 0) is 42.9 Å². The first kappa shape index (κ1) is 23.0. The van der Waals surface area contributed by atoms with Gasteiger partial charge in [0.1, 0.15) is 5.82 Å². The number of anilines is 1. The van der Waals surface area contributed by atoms with Crippen molar-refractivity contribution < 1.29 is 17.6 Å². The van der Waals surface area contributed by atoms with Crippen LogP contribution in [0.3, 0.4) is 0 Å². The molecule has 0 aliphatic carbocycles. The molecule has 1 heterocycles. The maximum Gasteiger partial charge on any atom is 0.417 e. The van der Waals surface area contributed by atoms with Gasteiger partial charge in [-0.15, -0.1) is 0 Å². The van der Waals surface area contributed by atoms with Gasteiger partial charge in [0.15, 0.2) is 5.11 Å². The molecule has 1 N–H and O–H groups in total. The Bertz CT molecular complexity index is 1020. The molecule has 3 aromatic rings. The Morgan fingerprint density at radius 3 is 2.61 bits per heavy atom. The van der Waals surface area contributed by atoms with Crippen LogP contribution in [-0.2, 0) is 19.3 Å². The third-order valence-electron chi connectivity index (χ3n) is 4.54. The number of rotatable bonds is 7. The van der Waals surface area contributed by atoms with E-state index >= 15 is 0 Å². The van der Waals surface area contributed by atoms with Crippen LogP contribution in [0.4, 0.5) is 23.2 Å². The minimum absolute atomic E-state index is 0.205. The molecule has 0 saturated carbocycles. The van der Waals surface area contributed by atoms with Crippen molar-refractivity contribution in [2.75, 3.05) is 11.9 Å². The van der Waals surface area contributed by atoms with E-state index in [2.05, 4.69) is 10.3 Å². The molecule has 0 fully saturated rings. The molecule has 1 aromatic heterocycles. The Hall–Kier alpha value is -2.65. The number of thiocarbonyl (C=S) groups is 1. The molecule has 0 aliphatic rings. The molecule has 0 aliphatic heterocycles. The molecule has 0 amide bonds. The van der Waals surface area contributed by atoms with E-state index in [0.717, 1.165) is 6.07 Å². The van der Waals surface area contributed by atoms with Gasteiger partial charge in [0.2, 0.25) is 0 Å². The topological polar surface area (TPSA) is 33.1 Å². The average molecular weight is 471 g/mol. The van der Waals surface area contributed by atoms with E-state index in [1.54, 1.807) is 35.6 Å². The largest absolute Gasteiger partial charge is 0.417 e. The molecule has 4 nitrogen and oxygen atoms in total. The van der Waals surface area contributed by atoms with E-state index in [-0.39, 0.29) is 17.5 Å². The molecule has 10 heteroatoms.